The Balaban J connectivity index is 2.33. The van der Waals surface area contributed by atoms with Crippen LogP contribution in [0.25, 0.3) is 0 Å². The summed E-state index contributed by atoms with van der Waals surface area (Å²) in [5.41, 5.74) is 0. The van der Waals surface area contributed by atoms with E-state index in [1.165, 1.54) is 11.8 Å². The Kier molecular flexibility index (Phi) is 3.77. The maximum Gasteiger partial charge on any atom is 0.251 e. The standard InChI is InChI=1S/C10H15F2NO2/c1-8(14)2-3-9(15)13-6-4-10(11,12)5-7-13/h2-7H2,1H3. The van der Waals surface area contributed by atoms with Crippen molar-refractivity contribution < 1.29 is 18.4 Å². The van der Waals surface area contributed by atoms with Crippen LogP contribution in [-0.4, -0.2) is 35.6 Å². The number of halogens is 2. The van der Waals surface area contributed by atoms with Crippen molar-refractivity contribution in [2.75, 3.05) is 13.1 Å². The zero-order valence-electron chi connectivity index (χ0n) is 8.76. The number of hydrogen-bond donors (Lipinski definition) is 0. The minimum Gasteiger partial charge on any atom is -0.342 e. The smallest absolute Gasteiger partial charge is 0.251 e. The molecule has 0 aromatic heterocycles. The van der Waals surface area contributed by atoms with Crippen LogP contribution in [0.3, 0.4) is 0 Å². The Morgan fingerprint density at radius 1 is 1.20 bits per heavy atom. The van der Waals surface area contributed by atoms with Crippen LogP contribution >= 0.6 is 0 Å². The highest BCUT2D eigenvalue weighted by atomic mass is 19.3. The van der Waals surface area contributed by atoms with Gasteiger partial charge < -0.3 is 9.69 Å². The van der Waals surface area contributed by atoms with Crippen LogP contribution in [0.2, 0.25) is 0 Å². The average Bonchev–Trinajstić information content (AvgIpc) is 2.14. The Hall–Kier alpha value is -1.00. The molecular weight excluding hydrogens is 204 g/mol. The second-order valence-corrected chi connectivity index (χ2v) is 3.94. The average molecular weight is 219 g/mol. The SMILES string of the molecule is CC(=O)CCC(=O)N1CCC(F)(F)CC1. The fraction of sp³-hybridized carbons (Fsp3) is 0.800. The van der Waals surface area contributed by atoms with Gasteiger partial charge in [0.25, 0.3) is 5.92 Å². The van der Waals surface area contributed by atoms with Gasteiger partial charge >= 0.3 is 0 Å². The van der Waals surface area contributed by atoms with Crippen LogP contribution in [-0.2, 0) is 9.59 Å². The normalized spacial score (nSPS) is 20.1. The first kappa shape index (κ1) is 12.1. The van der Waals surface area contributed by atoms with Crippen molar-refractivity contribution in [2.24, 2.45) is 0 Å². The molecule has 1 saturated heterocycles. The molecule has 1 aliphatic heterocycles. The van der Waals surface area contributed by atoms with Gasteiger partial charge in [-0.05, 0) is 6.92 Å². The third-order valence-electron chi connectivity index (χ3n) is 2.54. The minimum atomic E-state index is -2.63. The van der Waals surface area contributed by atoms with E-state index in [4.69, 9.17) is 0 Å². The third-order valence-corrected chi connectivity index (χ3v) is 2.54. The van der Waals surface area contributed by atoms with Crippen LogP contribution < -0.4 is 0 Å². The molecule has 1 amide bonds. The summed E-state index contributed by atoms with van der Waals surface area (Å²) in [6.07, 6.45) is -0.190. The van der Waals surface area contributed by atoms with Gasteiger partial charge in [-0.25, -0.2) is 8.78 Å². The molecule has 5 heteroatoms. The number of likely N-dealkylation sites (tertiary alicyclic amines) is 1. The highest BCUT2D eigenvalue weighted by molar-refractivity contribution is 5.83. The molecule has 0 aromatic rings. The first-order chi connectivity index (χ1) is 6.91. The van der Waals surface area contributed by atoms with Crippen molar-refractivity contribution >= 4 is 11.7 Å². The Bertz CT molecular complexity index is 256. The van der Waals surface area contributed by atoms with Crippen molar-refractivity contribution in [3.05, 3.63) is 0 Å². The van der Waals surface area contributed by atoms with E-state index in [-0.39, 0.29) is 50.5 Å². The molecule has 0 radical (unpaired) electrons. The van der Waals surface area contributed by atoms with E-state index in [1.54, 1.807) is 0 Å². The second kappa shape index (κ2) is 4.68. The van der Waals surface area contributed by atoms with Crippen LogP contribution in [0.15, 0.2) is 0 Å². The van der Waals surface area contributed by atoms with Gasteiger partial charge in [-0.2, -0.15) is 0 Å². The lowest BCUT2D eigenvalue weighted by Gasteiger charge is -2.31. The summed E-state index contributed by atoms with van der Waals surface area (Å²) in [5, 5.41) is 0. The lowest BCUT2D eigenvalue weighted by molar-refractivity contribution is -0.138. The van der Waals surface area contributed by atoms with Crippen LogP contribution in [0.1, 0.15) is 32.6 Å². The quantitative estimate of drug-likeness (QED) is 0.723. The predicted octanol–water partition coefficient (Wildman–Crippen LogP) is 1.61. The summed E-state index contributed by atoms with van der Waals surface area (Å²) in [6.45, 7) is 1.62. The Morgan fingerprint density at radius 3 is 2.20 bits per heavy atom. The summed E-state index contributed by atoms with van der Waals surface area (Å²) < 4.78 is 25.5. The molecule has 0 aliphatic carbocycles. The summed E-state index contributed by atoms with van der Waals surface area (Å²) >= 11 is 0. The van der Waals surface area contributed by atoms with E-state index in [0.717, 1.165) is 0 Å². The first-order valence-corrected chi connectivity index (χ1v) is 5.06. The number of ketones is 1. The number of carbonyl (C=O) groups is 2. The number of Topliss-reactive ketones (excluding diaryl/α,β-unsaturated/α-hetero) is 1. The first-order valence-electron chi connectivity index (χ1n) is 5.06. The maximum absolute atomic E-state index is 12.8. The van der Waals surface area contributed by atoms with E-state index in [2.05, 4.69) is 0 Å². The number of carbonyl (C=O) groups excluding carboxylic acids is 2. The molecule has 0 bridgehead atoms. The van der Waals surface area contributed by atoms with E-state index in [0.29, 0.717) is 0 Å². The molecule has 0 unspecified atom stereocenters. The van der Waals surface area contributed by atoms with E-state index >= 15 is 0 Å². The van der Waals surface area contributed by atoms with Crippen molar-refractivity contribution in [3.8, 4) is 0 Å². The van der Waals surface area contributed by atoms with Gasteiger partial charge in [0.1, 0.15) is 5.78 Å². The van der Waals surface area contributed by atoms with Crippen LogP contribution in [0.4, 0.5) is 8.78 Å². The molecule has 1 aliphatic rings. The highest BCUT2D eigenvalue weighted by Gasteiger charge is 2.35. The predicted molar refractivity (Wildman–Crippen MR) is 50.7 cm³/mol. The zero-order chi connectivity index (χ0) is 11.5. The molecular formula is C10H15F2NO2. The van der Waals surface area contributed by atoms with Crippen molar-refractivity contribution in [2.45, 2.75) is 38.5 Å². The van der Waals surface area contributed by atoms with E-state index in [1.807, 2.05) is 0 Å². The topological polar surface area (TPSA) is 37.4 Å². The molecule has 86 valence electrons. The largest absolute Gasteiger partial charge is 0.342 e. The molecule has 0 spiro atoms. The fourth-order valence-corrected chi connectivity index (χ4v) is 1.52. The number of alkyl halides is 2. The molecule has 15 heavy (non-hydrogen) atoms. The fourth-order valence-electron chi connectivity index (χ4n) is 1.52. The van der Waals surface area contributed by atoms with Gasteiger partial charge in [-0.3, -0.25) is 4.79 Å². The summed E-state index contributed by atoms with van der Waals surface area (Å²) in [4.78, 5) is 23.5. The number of amides is 1. The van der Waals surface area contributed by atoms with E-state index < -0.39 is 5.92 Å². The van der Waals surface area contributed by atoms with E-state index in [9.17, 15) is 18.4 Å². The maximum atomic E-state index is 12.8. The summed E-state index contributed by atoms with van der Waals surface area (Å²) in [6, 6.07) is 0. The number of piperidine rings is 1. The van der Waals surface area contributed by atoms with Crippen LogP contribution in [0, 0.1) is 0 Å². The Labute approximate surface area is 87.4 Å². The molecule has 0 atom stereocenters. The summed E-state index contributed by atoms with van der Waals surface area (Å²) in [5.74, 6) is -2.87. The number of hydrogen-bond acceptors (Lipinski definition) is 2. The number of nitrogens with zero attached hydrogens (tertiary/aromatic N) is 1. The lowest BCUT2D eigenvalue weighted by Crippen LogP contribution is -2.42. The second-order valence-electron chi connectivity index (χ2n) is 3.94. The van der Waals surface area contributed by atoms with Gasteiger partial charge in [-0.15, -0.1) is 0 Å². The van der Waals surface area contributed by atoms with Crippen LogP contribution in [0.5, 0.6) is 0 Å². The van der Waals surface area contributed by atoms with Crippen molar-refractivity contribution in [1.29, 1.82) is 0 Å². The molecule has 1 rings (SSSR count). The van der Waals surface area contributed by atoms with Gasteiger partial charge in [0.2, 0.25) is 5.91 Å². The molecule has 1 fully saturated rings. The van der Waals surface area contributed by atoms with Crippen molar-refractivity contribution in [3.63, 3.8) is 0 Å². The number of rotatable bonds is 3. The molecule has 0 N–H and O–H groups in total. The van der Waals surface area contributed by atoms with Gasteiger partial charge in [0, 0.05) is 38.8 Å². The zero-order valence-corrected chi connectivity index (χ0v) is 8.76. The van der Waals surface area contributed by atoms with Gasteiger partial charge in [-0.1, -0.05) is 0 Å². The molecule has 0 saturated carbocycles. The molecule has 0 aromatic carbocycles. The summed E-state index contributed by atoms with van der Waals surface area (Å²) in [7, 11) is 0. The molecule has 3 nitrogen and oxygen atoms in total. The Morgan fingerprint density at radius 2 is 1.73 bits per heavy atom. The molecule has 1 heterocycles. The third kappa shape index (κ3) is 3.93. The monoisotopic (exact) mass is 219 g/mol. The van der Waals surface area contributed by atoms with Gasteiger partial charge in [0.15, 0.2) is 0 Å². The minimum absolute atomic E-state index is 0.0503. The van der Waals surface area contributed by atoms with Gasteiger partial charge in [0.05, 0.1) is 0 Å². The lowest BCUT2D eigenvalue weighted by atomic mass is 10.1. The van der Waals surface area contributed by atoms with Crippen molar-refractivity contribution in [1.82, 2.24) is 4.90 Å². The highest BCUT2D eigenvalue weighted by Crippen LogP contribution is 2.27.